The Bertz CT molecular complexity index is 2480. The fourth-order valence-electron chi connectivity index (χ4n) is 9.62. The number of fused-ring (bicyclic) bond motifs is 2. The van der Waals surface area contributed by atoms with Gasteiger partial charge in [0, 0.05) is 79.8 Å². The Balaban J connectivity index is 1.34. The lowest BCUT2D eigenvalue weighted by Crippen LogP contribution is -2.53. The summed E-state index contributed by atoms with van der Waals surface area (Å²) in [6.07, 6.45) is 14.4. The van der Waals surface area contributed by atoms with Crippen molar-refractivity contribution in [2.45, 2.75) is 123 Å². The van der Waals surface area contributed by atoms with E-state index in [1.807, 2.05) is 36.4 Å². The van der Waals surface area contributed by atoms with E-state index >= 15 is 0 Å². The first-order chi connectivity index (χ1) is 31.3. The smallest absolute Gasteiger partial charge is 0.333 e. The summed E-state index contributed by atoms with van der Waals surface area (Å²) in [4.78, 5) is 72.8. The zero-order valence-electron chi connectivity index (χ0n) is 39.3. The van der Waals surface area contributed by atoms with Gasteiger partial charge in [0.1, 0.15) is 12.0 Å². The quantitative estimate of drug-likeness (QED) is 0.0397. The Kier molecular flexibility index (Phi) is 15.7. The maximum absolute atomic E-state index is 14.7. The molecule has 14 nitrogen and oxygen atoms in total. The first-order valence-corrected chi connectivity index (χ1v) is 24.9. The van der Waals surface area contributed by atoms with E-state index in [1.165, 1.54) is 11.1 Å². The summed E-state index contributed by atoms with van der Waals surface area (Å²) in [5.74, 6) is -3.73. The molecule has 3 heterocycles. The molecule has 0 radical (unpaired) electrons. The average molecular weight is 925 g/mol. The molecule has 1 aliphatic carbocycles. The molecule has 15 heteroatoms. The molecule has 4 aliphatic rings. The number of benzene rings is 2. The average Bonchev–Trinajstić information content (AvgIpc) is 3.79. The van der Waals surface area contributed by atoms with Gasteiger partial charge in [0.25, 0.3) is 21.9 Å². The maximum atomic E-state index is 14.7. The van der Waals surface area contributed by atoms with Gasteiger partial charge >= 0.3 is 5.97 Å². The van der Waals surface area contributed by atoms with Crippen LogP contribution in [0.3, 0.4) is 0 Å². The number of rotatable bonds is 20. The number of imide groups is 1. The van der Waals surface area contributed by atoms with Crippen molar-refractivity contribution in [1.29, 1.82) is 0 Å². The number of carbonyl (C=O) groups is 5. The number of nitrogens with one attached hydrogen (secondary N) is 2. The van der Waals surface area contributed by atoms with Crippen LogP contribution in [0.2, 0.25) is 0 Å². The molecular formula is C51H66N5O9S+. The maximum Gasteiger partial charge on any atom is 0.333 e. The fourth-order valence-corrected chi connectivity index (χ4v) is 9.98. The molecule has 1 saturated heterocycles. The summed E-state index contributed by atoms with van der Waals surface area (Å²) in [6, 6.07) is 16.8. The second kappa shape index (κ2) is 20.9. The lowest BCUT2D eigenvalue weighted by atomic mass is 9.70. The van der Waals surface area contributed by atoms with Gasteiger partial charge in [-0.25, -0.2) is 4.79 Å². The largest absolute Gasteiger partial charge is 0.355 e. The molecule has 1 fully saturated rings. The molecule has 0 aromatic heterocycles. The normalized spacial score (nSPS) is 21.2. The number of hydrogen-bond acceptors (Lipinski definition) is 9. The van der Waals surface area contributed by atoms with Crippen molar-refractivity contribution < 1.29 is 46.4 Å². The number of allylic oxidation sites excluding steroid dienone is 8. The third-order valence-corrected chi connectivity index (χ3v) is 13.9. The van der Waals surface area contributed by atoms with Gasteiger partial charge in [-0.2, -0.15) is 13.0 Å². The Morgan fingerprint density at radius 1 is 0.803 bits per heavy atom. The van der Waals surface area contributed by atoms with Crippen LogP contribution in [0.15, 0.2) is 95.8 Å². The van der Waals surface area contributed by atoms with Crippen LogP contribution in [-0.4, -0.2) is 89.9 Å². The van der Waals surface area contributed by atoms with Crippen LogP contribution in [0.25, 0.3) is 0 Å². The van der Waals surface area contributed by atoms with Crippen molar-refractivity contribution in [3.8, 4) is 0 Å². The summed E-state index contributed by atoms with van der Waals surface area (Å²) in [5, 5.41) is 6.17. The number of amides is 4. The first kappa shape index (κ1) is 49.8. The van der Waals surface area contributed by atoms with E-state index in [2.05, 4.69) is 104 Å². The number of anilines is 1. The van der Waals surface area contributed by atoms with E-state index in [4.69, 9.17) is 4.84 Å². The number of unbranched alkanes of at least 4 members (excludes halogenated alkanes) is 3. The van der Waals surface area contributed by atoms with Gasteiger partial charge in [-0.15, -0.1) is 5.06 Å². The highest BCUT2D eigenvalue weighted by molar-refractivity contribution is 7.85. The van der Waals surface area contributed by atoms with E-state index in [1.54, 1.807) is 0 Å². The molecule has 354 valence electrons. The summed E-state index contributed by atoms with van der Waals surface area (Å²) in [6.45, 7) is 14.5. The fraction of sp³-hybridized carbons (Fsp3) is 0.490. The highest BCUT2D eigenvalue weighted by Gasteiger charge is 2.49. The summed E-state index contributed by atoms with van der Waals surface area (Å²) >= 11 is 0. The highest BCUT2D eigenvalue weighted by Crippen LogP contribution is 2.48. The van der Waals surface area contributed by atoms with Crippen LogP contribution in [0.4, 0.5) is 11.4 Å². The zero-order valence-corrected chi connectivity index (χ0v) is 40.1. The molecule has 4 amide bonds. The molecule has 0 spiro atoms. The molecule has 2 aromatic carbocycles. The molecular weight excluding hydrogens is 859 g/mol. The molecule has 1 unspecified atom stereocenters. The highest BCUT2D eigenvalue weighted by atomic mass is 32.2. The number of nitrogens with zero attached hydrogens (tertiary/aromatic N) is 3. The minimum Gasteiger partial charge on any atom is -0.355 e. The number of hydrogen-bond donors (Lipinski definition) is 3. The third-order valence-electron chi connectivity index (χ3n) is 13.1. The van der Waals surface area contributed by atoms with Crippen LogP contribution in [0.1, 0.15) is 123 Å². The monoisotopic (exact) mass is 924 g/mol. The molecule has 6 rings (SSSR count). The van der Waals surface area contributed by atoms with Crippen molar-refractivity contribution in [3.05, 3.63) is 107 Å². The third kappa shape index (κ3) is 10.9. The van der Waals surface area contributed by atoms with Crippen LogP contribution < -0.4 is 15.5 Å². The van der Waals surface area contributed by atoms with Crippen LogP contribution in [0.5, 0.6) is 0 Å². The number of hydroxylamine groups is 2. The lowest BCUT2D eigenvalue weighted by Gasteiger charge is -2.35. The predicted molar refractivity (Wildman–Crippen MR) is 254 cm³/mol. The first-order valence-electron chi connectivity index (χ1n) is 23.3. The lowest BCUT2D eigenvalue weighted by molar-refractivity contribution is -0.437. The van der Waals surface area contributed by atoms with Crippen molar-refractivity contribution in [2.24, 2.45) is 5.41 Å². The second-order valence-electron chi connectivity index (χ2n) is 18.8. The van der Waals surface area contributed by atoms with Crippen LogP contribution in [-0.2, 0) is 49.8 Å². The van der Waals surface area contributed by atoms with Crippen molar-refractivity contribution in [1.82, 2.24) is 15.7 Å². The van der Waals surface area contributed by atoms with Gasteiger partial charge in [0.2, 0.25) is 17.5 Å². The van der Waals surface area contributed by atoms with E-state index in [0.717, 1.165) is 66.3 Å². The minimum atomic E-state index is -4.42. The van der Waals surface area contributed by atoms with Gasteiger partial charge in [-0.1, -0.05) is 95.2 Å². The number of carbonyl (C=O) groups excluding carboxylic acids is 5. The van der Waals surface area contributed by atoms with Gasteiger partial charge in [0.05, 0.1) is 11.2 Å². The topological polar surface area (TPSA) is 182 Å². The summed E-state index contributed by atoms with van der Waals surface area (Å²) in [5.41, 5.74) is 5.94. The van der Waals surface area contributed by atoms with Crippen molar-refractivity contribution in [2.75, 3.05) is 36.8 Å². The molecule has 66 heavy (non-hydrogen) atoms. The van der Waals surface area contributed by atoms with Crippen LogP contribution >= 0.6 is 0 Å². The second-order valence-corrected chi connectivity index (χ2v) is 20.3. The van der Waals surface area contributed by atoms with E-state index < -0.39 is 57.4 Å². The Hall–Kier alpha value is -5.67. The Morgan fingerprint density at radius 2 is 1.47 bits per heavy atom. The van der Waals surface area contributed by atoms with Crippen molar-refractivity contribution >= 4 is 56.8 Å². The van der Waals surface area contributed by atoms with E-state index in [0.29, 0.717) is 24.3 Å². The van der Waals surface area contributed by atoms with Gasteiger partial charge in [0.15, 0.2) is 5.71 Å². The molecule has 3 N–H and O–H groups in total. The minimum absolute atomic E-state index is 0.00306. The molecule has 0 bridgehead atoms. The Labute approximate surface area is 389 Å². The van der Waals surface area contributed by atoms with Crippen molar-refractivity contribution in [3.63, 3.8) is 0 Å². The SMILES string of the molecule is CCCCN1C(=CC=C2C=C(C=CC3=[N+](CCC)c4ccccc4C3(C)C)CC(C(=O)NCCCCCC(=O)ON3C(=O)CCC3=O)(C(=O)NCCS(=O)(=O)O)C2)C(C)(C)c2ccccc21. The van der Waals surface area contributed by atoms with E-state index in [-0.39, 0.29) is 49.5 Å². The Morgan fingerprint density at radius 3 is 2.15 bits per heavy atom. The van der Waals surface area contributed by atoms with E-state index in [9.17, 15) is 36.9 Å². The van der Waals surface area contributed by atoms with Gasteiger partial charge in [-0.3, -0.25) is 23.7 Å². The summed E-state index contributed by atoms with van der Waals surface area (Å²) < 4.78 is 35.4. The van der Waals surface area contributed by atoms with Gasteiger partial charge in [-0.05, 0) is 74.8 Å². The molecule has 0 saturated carbocycles. The molecule has 3 aliphatic heterocycles. The molecule has 2 aromatic rings. The summed E-state index contributed by atoms with van der Waals surface area (Å²) in [7, 11) is -4.42. The zero-order chi connectivity index (χ0) is 47.9. The van der Waals surface area contributed by atoms with Crippen LogP contribution in [0, 0.1) is 5.41 Å². The standard InChI is InChI=1S/C51H65N5O9S/c1-7-9-31-55-41-20-15-13-18-39(41)50(5,6)43(55)25-23-37-33-36(22-24-42-49(3,4)38-17-12-14-19-40(38)54(42)30-8-2)34-51(35-37,48(61)53-29-32-66(62,63)64)47(60)52-28-16-10-11-21-46(59)65-56-44(57)26-27-45(56)58/h12-15,17-20,22-25,33H,7-11,16,21,26-32,34-35H2,1-6H3,(H2-,52,53,60,61,62,63,64)/p+1. The van der Waals surface area contributed by atoms with Gasteiger partial charge < -0.3 is 20.4 Å². The number of para-hydroxylation sites is 2. The predicted octanol–water partition coefficient (Wildman–Crippen LogP) is 7.43. The molecule has 1 atom stereocenters.